The van der Waals surface area contributed by atoms with E-state index in [9.17, 15) is 14.0 Å². The van der Waals surface area contributed by atoms with Crippen LogP contribution in [0.4, 0.5) is 19.9 Å². The van der Waals surface area contributed by atoms with E-state index in [0.29, 0.717) is 0 Å². The van der Waals surface area contributed by atoms with Crippen LogP contribution in [0, 0.1) is 5.82 Å². The first kappa shape index (κ1) is 14.0. The van der Waals surface area contributed by atoms with Crippen LogP contribution in [0.2, 0.25) is 0 Å². The molecule has 0 fully saturated rings. The van der Waals surface area contributed by atoms with Gasteiger partial charge in [-0.3, -0.25) is 10.2 Å². The molecule has 0 aliphatic heterocycles. The molecule has 0 bridgehead atoms. The summed E-state index contributed by atoms with van der Waals surface area (Å²) in [7, 11) is 1.40. The molecule has 0 aliphatic rings. The first-order valence-electron chi connectivity index (χ1n) is 5.60. The minimum absolute atomic E-state index is 0.00489. The first-order chi connectivity index (χ1) is 9.50. The van der Waals surface area contributed by atoms with Crippen molar-refractivity contribution >= 4 is 34.0 Å². The maximum absolute atomic E-state index is 13.6. The minimum Gasteiger partial charge on any atom is -0.478 e. The normalized spacial score (nSPS) is 10.1. The van der Waals surface area contributed by atoms with E-state index in [1.165, 1.54) is 31.3 Å². The Morgan fingerprint density at radius 1 is 1.30 bits per heavy atom. The second kappa shape index (κ2) is 5.70. The van der Waals surface area contributed by atoms with E-state index in [2.05, 4.69) is 5.32 Å². The molecular formula is C13H11FN2O3S. The summed E-state index contributed by atoms with van der Waals surface area (Å²) in [5, 5.41) is 13.2. The van der Waals surface area contributed by atoms with Gasteiger partial charge in [0.05, 0.1) is 11.3 Å². The summed E-state index contributed by atoms with van der Waals surface area (Å²) in [5.41, 5.74) is 0.115. The Morgan fingerprint density at radius 2 is 2.00 bits per heavy atom. The third kappa shape index (κ3) is 2.77. The lowest BCUT2D eigenvalue weighted by atomic mass is 10.3. The predicted octanol–water partition coefficient (Wildman–Crippen LogP) is 3.25. The number of carbonyl (C=O) groups excluding carboxylic acids is 1. The number of hydrogen-bond acceptors (Lipinski definition) is 3. The molecule has 2 aromatic rings. The van der Waals surface area contributed by atoms with Crippen molar-refractivity contribution in [1.29, 1.82) is 0 Å². The summed E-state index contributed by atoms with van der Waals surface area (Å²) in [6, 6.07) is 6.61. The van der Waals surface area contributed by atoms with E-state index in [4.69, 9.17) is 5.11 Å². The van der Waals surface area contributed by atoms with Gasteiger partial charge in [0.2, 0.25) is 0 Å². The van der Waals surface area contributed by atoms with Crippen LogP contribution >= 0.6 is 11.3 Å². The number of halogens is 1. The molecule has 0 atom stereocenters. The maximum Gasteiger partial charge on any atom is 0.338 e. The Labute approximate surface area is 118 Å². The van der Waals surface area contributed by atoms with Gasteiger partial charge in [-0.05, 0) is 23.6 Å². The summed E-state index contributed by atoms with van der Waals surface area (Å²) in [4.78, 5) is 24.0. The van der Waals surface area contributed by atoms with Gasteiger partial charge < -0.3 is 5.11 Å². The van der Waals surface area contributed by atoms with E-state index < -0.39 is 17.8 Å². The smallest absolute Gasteiger partial charge is 0.338 e. The van der Waals surface area contributed by atoms with Crippen LogP contribution in [0.5, 0.6) is 0 Å². The van der Waals surface area contributed by atoms with Gasteiger partial charge >= 0.3 is 12.0 Å². The lowest BCUT2D eigenvalue weighted by molar-refractivity contribution is 0.0698. The van der Waals surface area contributed by atoms with Crippen LogP contribution in [0.15, 0.2) is 35.7 Å². The number of anilines is 2. The lowest BCUT2D eigenvalue weighted by Gasteiger charge is -2.18. The summed E-state index contributed by atoms with van der Waals surface area (Å²) in [5.74, 6) is -1.66. The van der Waals surface area contributed by atoms with Crippen molar-refractivity contribution in [2.45, 2.75) is 0 Å². The van der Waals surface area contributed by atoms with Gasteiger partial charge in [-0.15, -0.1) is 11.3 Å². The number of carboxylic acid groups (broad SMARTS) is 1. The Balaban J connectivity index is 2.18. The fourth-order valence-corrected chi connectivity index (χ4v) is 2.36. The van der Waals surface area contributed by atoms with E-state index >= 15 is 0 Å². The fourth-order valence-electron chi connectivity index (χ4n) is 1.59. The topological polar surface area (TPSA) is 69.6 Å². The van der Waals surface area contributed by atoms with Gasteiger partial charge in [-0.1, -0.05) is 12.1 Å². The Hall–Kier alpha value is -2.41. The number of amides is 2. The van der Waals surface area contributed by atoms with Crippen molar-refractivity contribution < 1.29 is 19.1 Å². The number of nitrogens with one attached hydrogen (secondary N) is 1. The monoisotopic (exact) mass is 294 g/mol. The van der Waals surface area contributed by atoms with Crippen molar-refractivity contribution in [3.8, 4) is 0 Å². The van der Waals surface area contributed by atoms with Gasteiger partial charge in [0.25, 0.3) is 0 Å². The molecule has 7 heteroatoms. The number of rotatable bonds is 3. The van der Waals surface area contributed by atoms with Crippen LogP contribution < -0.4 is 10.2 Å². The minimum atomic E-state index is -1.13. The Morgan fingerprint density at radius 3 is 2.65 bits per heavy atom. The molecule has 104 valence electrons. The zero-order valence-electron chi connectivity index (χ0n) is 10.5. The van der Waals surface area contributed by atoms with Crippen molar-refractivity contribution in [1.82, 2.24) is 0 Å². The van der Waals surface area contributed by atoms with Crippen LogP contribution in [-0.2, 0) is 0 Å². The standard InChI is InChI=1S/C13H11FN2O3S/c1-16(10-5-3-2-4-9(10)14)13(19)15-11-8(12(17)18)6-7-20-11/h2-7H,1H3,(H,15,19)(H,17,18). The van der Waals surface area contributed by atoms with Crippen molar-refractivity contribution in [2.24, 2.45) is 0 Å². The number of thiophene rings is 1. The molecule has 2 rings (SSSR count). The highest BCUT2D eigenvalue weighted by molar-refractivity contribution is 7.14. The van der Waals surface area contributed by atoms with E-state index in [0.717, 1.165) is 16.2 Å². The second-order valence-corrected chi connectivity index (χ2v) is 4.83. The quantitative estimate of drug-likeness (QED) is 0.913. The second-order valence-electron chi connectivity index (χ2n) is 3.91. The molecule has 1 aromatic heterocycles. The van der Waals surface area contributed by atoms with Gasteiger partial charge in [-0.25, -0.2) is 14.0 Å². The number of carboxylic acids is 1. The van der Waals surface area contributed by atoms with E-state index in [1.807, 2.05) is 0 Å². The van der Waals surface area contributed by atoms with Crippen molar-refractivity contribution in [2.75, 3.05) is 17.3 Å². The summed E-state index contributed by atoms with van der Waals surface area (Å²) < 4.78 is 13.6. The van der Waals surface area contributed by atoms with Gasteiger partial charge in [0, 0.05) is 7.05 Å². The molecule has 5 nitrogen and oxygen atoms in total. The van der Waals surface area contributed by atoms with E-state index in [-0.39, 0.29) is 16.3 Å². The Kier molecular flexibility index (Phi) is 3.99. The number of para-hydroxylation sites is 1. The molecule has 0 saturated heterocycles. The molecule has 0 aliphatic carbocycles. The SMILES string of the molecule is CN(C(=O)Nc1sccc1C(=O)O)c1ccccc1F. The highest BCUT2D eigenvalue weighted by Gasteiger charge is 2.18. The van der Waals surface area contributed by atoms with Crippen LogP contribution in [-0.4, -0.2) is 24.2 Å². The molecule has 1 heterocycles. The van der Waals surface area contributed by atoms with Crippen LogP contribution in [0.3, 0.4) is 0 Å². The predicted molar refractivity (Wildman–Crippen MR) is 75.1 cm³/mol. The third-order valence-corrected chi connectivity index (χ3v) is 3.46. The molecule has 2 amide bonds. The average molecular weight is 294 g/mol. The first-order valence-corrected chi connectivity index (χ1v) is 6.48. The highest BCUT2D eigenvalue weighted by atomic mass is 32.1. The molecule has 0 unspecified atom stereocenters. The van der Waals surface area contributed by atoms with Crippen LogP contribution in [0.25, 0.3) is 0 Å². The molecule has 0 saturated carbocycles. The summed E-state index contributed by atoms with van der Waals surface area (Å²) in [6.07, 6.45) is 0. The number of benzene rings is 1. The van der Waals surface area contributed by atoms with Gasteiger partial charge in [-0.2, -0.15) is 0 Å². The summed E-state index contributed by atoms with van der Waals surface area (Å²) >= 11 is 1.09. The number of nitrogens with zero attached hydrogens (tertiary/aromatic N) is 1. The van der Waals surface area contributed by atoms with Gasteiger partial charge in [0.15, 0.2) is 0 Å². The Bertz CT molecular complexity index is 657. The molecule has 0 radical (unpaired) electrons. The zero-order valence-corrected chi connectivity index (χ0v) is 11.3. The number of urea groups is 1. The number of carbonyl (C=O) groups is 2. The fraction of sp³-hybridized carbons (Fsp3) is 0.0769. The largest absolute Gasteiger partial charge is 0.478 e. The van der Waals surface area contributed by atoms with Gasteiger partial charge in [0.1, 0.15) is 10.8 Å². The zero-order chi connectivity index (χ0) is 14.7. The van der Waals surface area contributed by atoms with Crippen molar-refractivity contribution in [3.63, 3.8) is 0 Å². The molecule has 20 heavy (non-hydrogen) atoms. The van der Waals surface area contributed by atoms with Crippen molar-refractivity contribution in [3.05, 3.63) is 47.1 Å². The summed E-state index contributed by atoms with van der Waals surface area (Å²) in [6.45, 7) is 0. The van der Waals surface area contributed by atoms with E-state index in [1.54, 1.807) is 11.4 Å². The molecule has 2 N–H and O–H groups in total. The number of hydrogen-bond donors (Lipinski definition) is 2. The maximum atomic E-state index is 13.6. The molecule has 0 spiro atoms. The third-order valence-electron chi connectivity index (χ3n) is 2.63. The lowest BCUT2D eigenvalue weighted by Crippen LogP contribution is -2.31. The highest BCUT2D eigenvalue weighted by Crippen LogP contribution is 2.24. The van der Waals surface area contributed by atoms with Crippen LogP contribution in [0.1, 0.15) is 10.4 Å². The molecular weight excluding hydrogens is 283 g/mol. The number of aromatic carboxylic acids is 1. The average Bonchev–Trinajstić information content (AvgIpc) is 2.86. The molecule has 1 aromatic carbocycles.